The van der Waals surface area contributed by atoms with Crippen molar-refractivity contribution >= 4 is 40.9 Å². The molecule has 7 nitrogen and oxygen atoms in total. The van der Waals surface area contributed by atoms with Crippen molar-refractivity contribution in [1.82, 2.24) is 5.09 Å². The molecule has 240 valence electrons. The molecule has 0 fully saturated rings. The summed E-state index contributed by atoms with van der Waals surface area (Å²) >= 11 is 0.720. The fourth-order valence-corrected chi connectivity index (χ4v) is 6.66. The van der Waals surface area contributed by atoms with E-state index in [-0.39, 0.29) is 33.6 Å². The van der Waals surface area contributed by atoms with Crippen LogP contribution in [-0.4, -0.2) is 24.6 Å². The van der Waals surface area contributed by atoms with Gasteiger partial charge < -0.3 is 14.0 Å². The second-order valence-electron chi connectivity index (χ2n) is 11.1. The first kappa shape index (κ1) is 34.0. The van der Waals surface area contributed by atoms with Crippen molar-refractivity contribution < 1.29 is 54.5 Å². The number of nitrogens with one attached hydrogen (secondary N) is 1. The summed E-state index contributed by atoms with van der Waals surface area (Å²) in [6, 6.07) is 11.4. The van der Waals surface area contributed by atoms with Gasteiger partial charge in [0.2, 0.25) is 40.7 Å². The molecule has 0 radical (unpaired) electrons. The first-order valence-electron chi connectivity index (χ1n) is 13.2. The molecule has 0 saturated carbocycles. The molecule has 0 aliphatic rings. The fraction of sp³-hybridized carbons (Fsp3) is 0.267. The number of fused-ring (bicyclic) bond motifs is 1. The number of thiophene rings is 1. The van der Waals surface area contributed by atoms with E-state index in [1.807, 2.05) is 20.8 Å². The second-order valence-corrected chi connectivity index (χ2v) is 14.2. The quantitative estimate of drug-likeness (QED) is 0.0450. The summed E-state index contributed by atoms with van der Waals surface area (Å²) in [7, 11) is -4.58. The minimum absolute atomic E-state index is 0.0426. The van der Waals surface area contributed by atoms with Gasteiger partial charge in [0.05, 0.1) is 6.61 Å². The van der Waals surface area contributed by atoms with E-state index in [2.05, 4.69) is 9.82 Å². The minimum Gasteiger partial charge on any atom is -0.464 e. The predicted octanol–water partition coefficient (Wildman–Crippen LogP) is 8.62. The molecule has 15 heteroatoms. The van der Waals surface area contributed by atoms with Gasteiger partial charge in [0.15, 0.2) is 0 Å². The summed E-state index contributed by atoms with van der Waals surface area (Å²) in [6.45, 7) is 6.89. The van der Waals surface area contributed by atoms with Crippen molar-refractivity contribution in [2.75, 3.05) is 6.61 Å². The maximum atomic E-state index is 16.2. The highest BCUT2D eigenvalue weighted by molar-refractivity contribution is 7.57. The monoisotopic (exact) mass is 673 g/mol. The van der Waals surface area contributed by atoms with Crippen LogP contribution in [0.1, 0.15) is 48.8 Å². The largest absolute Gasteiger partial charge is 0.464 e. The smallest absolute Gasteiger partial charge is 0.355 e. The number of halogens is 6. The van der Waals surface area contributed by atoms with E-state index in [9.17, 15) is 36.1 Å². The number of ether oxygens (including phenoxy) is 2. The van der Waals surface area contributed by atoms with Crippen LogP contribution >= 0.6 is 18.9 Å². The Bertz CT molecular complexity index is 1770. The van der Waals surface area contributed by atoms with Gasteiger partial charge in [-0.3, -0.25) is 9.36 Å². The maximum absolute atomic E-state index is 16.2. The van der Waals surface area contributed by atoms with Crippen LogP contribution < -0.4 is 14.3 Å². The molecule has 1 aromatic heterocycles. The van der Waals surface area contributed by atoms with Crippen molar-refractivity contribution in [3.63, 3.8) is 0 Å². The molecule has 1 unspecified atom stereocenters. The second kappa shape index (κ2) is 13.2. The van der Waals surface area contributed by atoms with Gasteiger partial charge in [-0.05, 0) is 53.6 Å². The van der Waals surface area contributed by atoms with Crippen LogP contribution in [0.25, 0.3) is 10.1 Å². The van der Waals surface area contributed by atoms with E-state index in [1.54, 1.807) is 18.2 Å². The van der Waals surface area contributed by atoms with Gasteiger partial charge in [-0.1, -0.05) is 45.0 Å². The first-order chi connectivity index (χ1) is 21.0. The molecule has 4 aromatic rings. The lowest BCUT2D eigenvalue weighted by Crippen LogP contribution is -2.36. The van der Waals surface area contributed by atoms with Gasteiger partial charge in [0.25, 0.3) is 0 Å². The van der Waals surface area contributed by atoms with Gasteiger partial charge in [-0.15, -0.1) is 11.3 Å². The number of esters is 2. The van der Waals surface area contributed by atoms with Crippen LogP contribution in [0.2, 0.25) is 0 Å². The zero-order valence-electron chi connectivity index (χ0n) is 24.1. The van der Waals surface area contributed by atoms with Crippen LogP contribution in [0.4, 0.5) is 26.3 Å². The van der Waals surface area contributed by atoms with Crippen molar-refractivity contribution in [3.05, 3.63) is 94.1 Å². The molecular formula is C30H26F6NO6PS. The van der Waals surface area contributed by atoms with Crippen LogP contribution in [0.5, 0.6) is 11.5 Å². The van der Waals surface area contributed by atoms with E-state index in [1.165, 1.54) is 37.3 Å². The van der Waals surface area contributed by atoms with E-state index in [0.29, 0.717) is 4.70 Å². The molecule has 0 aliphatic carbocycles. The Labute approximate surface area is 257 Å². The molecule has 1 heterocycles. The van der Waals surface area contributed by atoms with Crippen LogP contribution in [0.15, 0.2) is 54.6 Å². The molecule has 0 spiro atoms. The zero-order chi connectivity index (χ0) is 33.3. The highest BCUT2D eigenvalue weighted by atomic mass is 32.1. The summed E-state index contributed by atoms with van der Waals surface area (Å²) in [5.41, 5.74) is -0.556. The highest BCUT2D eigenvalue weighted by Crippen LogP contribution is 2.58. The Morgan fingerprint density at radius 3 is 2.11 bits per heavy atom. The van der Waals surface area contributed by atoms with E-state index < -0.39 is 66.2 Å². The predicted molar refractivity (Wildman–Crippen MR) is 155 cm³/mol. The standard InChI is InChI=1S/C30H26F6NO6PS/c1-15(28(38)41-14-30(2,3)4)37-44(40,43-18-8-6-5-7-9-18)27(36)16-10-11-19-17(12-16)13-20(45-19)29(39)42-26-24(34)22(32)21(31)23(33)25(26)35/h5-13,15,27H,14H2,1-4H3,(H,37,40)/t15-,27-,44?/m0/s1. The third-order valence-electron chi connectivity index (χ3n) is 6.04. The molecule has 0 aliphatic heterocycles. The van der Waals surface area contributed by atoms with Gasteiger partial charge in [-0.2, -0.15) is 8.78 Å². The summed E-state index contributed by atoms with van der Waals surface area (Å²) in [6.07, 6.45) is 0. The minimum atomic E-state index is -4.58. The van der Waals surface area contributed by atoms with E-state index in [4.69, 9.17) is 9.26 Å². The molecule has 1 N–H and O–H groups in total. The third kappa shape index (κ3) is 7.69. The summed E-state index contributed by atoms with van der Waals surface area (Å²) in [5.74, 6) is -18.0. The number of alkyl halides is 1. The average molecular weight is 674 g/mol. The molecule has 4 rings (SSSR count). The number of hydrogen-bond donors (Lipinski definition) is 1. The zero-order valence-corrected chi connectivity index (χ0v) is 25.8. The van der Waals surface area contributed by atoms with Gasteiger partial charge in [0, 0.05) is 4.70 Å². The molecule has 3 aromatic carbocycles. The molecule has 0 amide bonds. The molecule has 45 heavy (non-hydrogen) atoms. The normalized spacial score (nSPS) is 14.4. The summed E-state index contributed by atoms with van der Waals surface area (Å²) in [4.78, 5) is 24.9. The lowest BCUT2D eigenvalue weighted by molar-refractivity contribution is -0.148. The maximum Gasteiger partial charge on any atom is 0.355 e. The van der Waals surface area contributed by atoms with Gasteiger partial charge in [0.1, 0.15) is 16.7 Å². The Morgan fingerprint density at radius 2 is 1.51 bits per heavy atom. The Kier molecular flexibility index (Phi) is 10.0. The Hall–Kier alpha value is -3.87. The topological polar surface area (TPSA) is 90.9 Å². The molecule has 0 saturated heterocycles. The Morgan fingerprint density at radius 1 is 0.911 bits per heavy atom. The number of benzene rings is 3. The van der Waals surface area contributed by atoms with Crippen molar-refractivity contribution in [3.8, 4) is 11.5 Å². The van der Waals surface area contributed by atoms with Crippen LogP contribution in [0, 0.1) is 34.5 Å². The first-order valence-corrected chi connectivity index (χ1v) is 15.7. The van der Waals surface area contributed by atoms with Crippen LogP contribution in [-0.2, 0) is 14.1 Å². The molecule has 0 bridgehead atoms. The Balaban J connectivity index is 1.62. The number of carbonyl (C=O) groups is 2. The average Bonchev–Trinajstić information content (AvgIpc) is 3.43. The van der Waals surface area contributed by atoms with Crippen molar-refractivity contribution in [2.24, 2.45) is 5.41 Å². The fourth-order valence-electron chi connectivity index (χ4n) is 3.84. The molecular weight excluding hydrogens is 647 g/mol. The number of rotatable bonds is 10. The van der Waals surface area contributed by atoms with Crippen molar-refractivity contribution in [1.29, 1.82) is 0 Å². The van der Waals surface area contributed by atoms with Gasteiger partial charge >= 0.3 is 19.5 Å². The summed E-state index contributed by atoms with van der Waals surface area (Å²) in [5, 5.41) is 2.64. The van der Waals surface area contributed by atoms with E-state index in [0.717, 1.165) is 17.4 Å². The number of carbonyl (C=O) groups excluding carboxylic acids is 2. The summed E-state index contributed by atoms with van der Waals surface area (Å²) < 4.78 is 114. The third-order valence-corrected chi connectivity index (χ3v) is 9.26. The lowest BCUT2D eigenvalue weighted by Gasteiger charge is -2.27. The molecule has 3 atom stereocenters. The number of hydrogen-bond acceptors (Lipinski definition) is 7. The highest BCUT2D eigenvalue weighted by Gasteiger charge is 2.41. The van der Waals surface area contributed by atoms with E-state index >= 15 is 4.39 Å². The lowest BCUT2D eigenvalue weighted by atomic mass is 9.99. The van der Waals surface area contributed by atoms with Crippen LogP contribution in [0.3, 0.4) is 0 Å². The van der Waals surface area contributed by atoms with Crippen molar-refractivity contribution in [2.45, 2.75) is 39.6 Å². The van der Waals surface area contributed by atoms with Gasteiger partial charge in [-0.25, -0.2) is 27.4 Å². The SMILES string of the molecule is C[C@H](NP(=O)(Oc1ccccc1)[C@H](F)c1ccc2sc(C(=O)Oc3c(F)c(F)c(F)c(F)c3F)cc2c1)C(=O)OCC(C)(C)C. The number of para-hydroxylation sites is 1.